The summed E-state index contributed by atoms with van der Waals surface area (Å²) >= 11 is 0. The van der Waals surface area contributed by atoms with Crippen molar-refractivity contribution >= 4 is 17.6 Å². The molecule has 1 atom stereocenters. The van der Waals surface area contributed by atoms with Crippen molar-refractivity contribution in [2.24, 2.45) is 0 Å². The number of amides is 1. The van der Waals surface area contributed by atoms with Gasteiger partial charge in [0.25, 0.3) is 5.91 Å². The molecule has 2 heterocycles. The van der Waals surface area contributed by atoms with Gasteiger partial charge in [-0.15, -0.1) is 0 Å². The number of anilines is 1. The Morgan fingerprint density at radius 2 is 1.83 bits per heavy atom. The minimum absolute atomic E-state index is 0.0189. The van der Waals surface area contributed by atoms with Gasteiger partial charge in [-0.3, -0.25) is 4.79 Å². The highest BCUT2D eigenvalue weighted by Gasteiger charge is 2.31. The molecular weight excluding hydrogens is 370 g/mol. The van der Waals surface area contributed by atoms with E-state index in [4.69, 9.17) is 9.47 Å². The quantitative estimate of drug-likeness (QED) is 0.625. The summed E-state index contributed by atoms with van der Waals surface area (Å²) in [5.74, 6) is -0.687. The zero-order valence-corrected chi connectivity index (χ0v) is 16.2. The largest absolute Gasteiger partial charge is 0.493 e. The maximum atomic E-state index is 12.7. The Bertz CT molecular complexity index is 1050. The summed E-state index contributed by atoms with van der Waals surface area (Å²) in [7, 11) is 1.46. The fourth-order valence-electron chi connectivity index (χ4n) is 3.57. The second-order valence-corrected chi connectivity index (χ2v) is 6.85. The van der Waals surface area contributed by atoms with Gasteiger partial charge < -0.3 is 14.4 Å². The van der Waals surface area contributed by atoms with Gasteiger partial charge in [-0.25, -0.2) is 9.48 Å². The average molecular weight is 391 g/mol. The van der Waals surface area contributed by atoms with Crippen LogP contribution in [0, 0.1) is 0 Å². The van der Waals surface area contributed by atoms with E-state index in [-0.39, 0.29) is 30.0 Å². The molecule has 1 aromatic heterocycles. The molecule has 0 saturated carbocycles. The van der Waals surface area contributed by atoms with Crippen LogP contribution in [0.1, 0.15) is 23.0 Å². The van der Waals surface area contributed by atoms with Crippen LogP contribution in [0.4, 0.5) is 5.69 Å². The van der Waals surface area contributed by atoms with Crippen molar-refractivity contribution in [3.63, 3.8) is 0 Å². The van der Waals surface area contributed by atoms with Crippen molar-refractivity contribution in [2.75, 3.05) is 18.6 Å². The van der Waals surface area contributed by atoms with Crippen LogP contribution in [-0.2, 0) is 16.0 Å². The zero-order valence-electron chi connectivity index (χ0n) is 16.2. The van der Waals surface area contributed by atoms with Gasteiger partial charge in [0, 0.05) is 11.7 Å². The topological polar surface area (TPSA) is 73.7 Å². The molecule has 1 aliphatic heterocycles. The molecule has 1 aliphatic rings. The molecular formula is C22H21N3O4. The highest BCUT2D eigenvalue weighted by molar-refractivity contribution is 5.99. The first-order chi connectivity index (χ1) is 14.1. The van der Waals surface area contributed by atoms with Crippen molar-refractivity contribution in [1.29, 1.82) is 0 Å². The Morgan fingerprint density at radius 3 is 2.59 bits per heavy atom. The molecule has 7 heteroatoms. The Morgan fingerprint density at radius 1 is 1.10 bits per heavy atom. The van der Waals surface area contributed by atoms with E-state index in [1.807, 2.05) is 61.5 Å². The number of carbonyl (C=O) groups is 2. The lowest BCUT2D eigenvalue weighted by Gasteiger charge is -2.22. The molecule has 0 spiro atoms. The van der Waals surface area contributed by atoms with Crippen LogP contribution >= 0.6 is 0 Å². The summed E-state index contributed by atoms with van der Waals surface area (Å²) in [6.07, 6.45) is 2.39. The first-order valence-corrected chi connectivity index (χ1v) is 9.34. The Balaban J connectivity index is 1.48. The number of benzene rings is 2. The Hall–Kier alpha value is -3.61. The predicted molar refractivity (Wildman–Crippen MR) is 107 cm³/mol. The van der Waals surface area contributed by atoms with Gasteiger partial charge in [0.15, 0.2) is 12.4 Å². The Kier molecular flexibility index (Phi) is 5.03. The number of hydrogen-bond donors (Lipinski definition) is 0. The molecule has 3 aromatic rings. The number of esters is 1. The molecule has 0 unspecified atom stereocenters. The maximum absolute atomic E-state index is 12.7. The first-order valence-electron chi connectivity index (χ1n) is 9.34. The molecule has 0 bridgehead atoms. The number of rotatable bonds is 5. The summed E-state index contributed by atoms with van der Waals surface area (Å²) in [6, 6.07) is 17.1. The van der Waals surface area contributed by atoms with E-state index in [1.54, 1.807) is 11.1 Å². The molecule has 1 amide bonds. The van der Waals surface area contributed by atoms with Crippen LogP contribution in [0.25, 0.3) is 5.69 Å². The number of methoxy groups -OCH3 is 1. The smallest absolute Gasteiger partial charge is 0.363 e. The van der Waals surface area contributed by atoms with Crippen LogP contribution in [0.5, 0.6) is 5.75 Å². The molecule has 0 N–H and O–H groups in total. The fraction of sp³-hybridized carbons (Fsp3) is 0.227. The van der Waals surface area contributed by atoms with Gasteiger partial charge in [0.2, 0.25) is 5.69 Å². The van der Waals surface area contributed by atoms with E-state index in [9.17, 15) is 9.59 Å². The van der Waals surface area contributed by atoms with Gasteiger partial charge in [0.1, 0.15) is 0 Å². The fourth-order valence-corrected chi connectivity index (χ4v) is 3.57. The third kappa shape index (κ3) is 3.59. The third-order valence-electron chi connectivity index (χ3n) is 4.92. The number of hydrogen-bond acceptors (Lipinski definition) is 5. The number of carbonyl (C=O) groups excluding carboxylic acids is 2. The average Bonchev–Trinajstić information content (AvgIpc) is 3.33. The maximum Gasteiger partial charge on any atom is 0.363 e. The molecule has 0 aliphatic carbocycles. The Labute approximate surface area is 168 Å². The van der Waals surface area contributed by atoms with Crippen LogP contribution in [0.15, 0.2) is 60.8 Å². The van der Waals surface area contributed by atoms with E-state index in [2.05, 4.69) is 5.10 Å². The van der Waals surface area contributed by atoms with E-state index in [1.165, 1.54) is 11.8 Å². The normalized spacial score (nSPS) is 15.1. The molecule has 7 nitrogen and oxygen atoms in total. The van der Waals surface area contributed by atoms with Crippen LogP contribution < -0.4 is 9.64 Å². The standard InChI is InChI=1S/C22H21N3O4/c1-15-12-16-8-6-7-11-18(16)25(15)20(26)14-29-22(27)21-19(28-2)13-24(23-21)17-9-4-3-5-10-17/h3-11,13,15H,12,14H2,1-2H3/t15-/m1/s1. The molecule has 0 fully saturated rings. The molecule has 0 radical (unpaired) electrons. The summed E-state index contributed by atoms with van der Waals surface area (Å²) in [4.78, 5) is 27.0. The summed E-state index contributed by atoms with van der Waals surface area (Å²) < 4.78 is 12.1. The summed E-state index contributed by atoms with van der Waals surface area (Å²) in [5.41, 5.74) is 2.79. The van der Waals surface area contributed by atoms with Crippen molar-refractivity contribution in [2.45, 2.75) is 19.4 Å². The van der Waals surface area contributed by atoms with Crippen LogP contribution in [0.2, 0.25) is 0 Å². The van der Waals surface area contributed by atoms with Crippen LogP contribution in [-0.4, -0.2) is 41.4 Å². The lowest BCUT2D eigenvalue weighted by atomic mass is 10.1. The molecule has 148 valence electrons. The highest BCUT2D eigenvalue weighted by atomic mass is 16.5. The van der Waals surface area contributed by atoms with Gasteiger partial charge in [-0.1, -0.05) is 36.4 Å². The minimum Gasteiger partial charge on any atom is -0.493 e. The van der Waals surface area contributed by atoms with Crippen molar-refractivity contribution in [3.05, 3.63) is 72.1 Å². The monoisotopic (exact) mass is 391 g/mol. The van der Waals surface area contributed by atoms with E-state index in [0.29, 0.717) is 0 Å². The SMILES string of the molecule is COc1cn(-c2ccccc2)nc1C(=O)OCC(=O)N1c2ccccc2C[C@H]1C. The highest BCUT2D eigenvalue weighted by Crippen LogP contribution is 2.31. The molecule has 0 saturated heterocycles. The number of para-hydroxylation sites is 2. The van der Waals surface area contributed by atoms with Gasteiger partial charge in [-0.05, 0) is 37.1 Å². The van der Waals surface area contributed by atoms with Gasteiger partial charge in [-0.2, -0.15) is 5.10 Å². The van der Waals surface area contributed by atoms with Crippen LogP contribution in [0.3, 0.4) is 0 Å². The van der Waals surface area contributed by atoms with Gasteiger partial charge >= 0.3 is 5.97 Å². The predicted octanol–water partition coefficient (Wildman–Crippen LogP) is 3.02. The number of aromatic nitrogens is 2. The summed E-state index contributed by atoms with van der Waals surface area (Å²) in [6.45, 7) is 1.61. The first kappa shape index (κ1) is 18.7. The lowest BCUT2D eigenvalue weighted by Crippen LogP contribution is -2.38. The summed E-state index contributed by atoms with van der Waals surface area (Å²) in [5, 5.41) is 4.27. The van der Waals surface area contributed by atoms with Gasteiger partial charge in [0.05, 0.1) is 19.0 Å². The second kappa shape index (κ2) is 7.79. The van der Waals surface area contributed by atoms with E-state index < -0.39 is 5.97 Å². The lowest BCUT2D eigenvalue weighted by molar-refractivity contribution is -0.122. The number of ether oxygens (including phenoxy) is 2. The number of fused-ring (bicyclic) bond motifs is 1. The molecule has 4 rings (SSSR count). The van der Waals surface area contributed by atoms with Crippen molar-refractivity contribution in [1.82, 2.24) is 9.78 Å². The minimum atomic E-state index is -0.704. The second-order valence-electron chi connectivity index (χ2n) is 6.85. The van der Waals surface area contributed by atoms with Crippen molar-refractivity contribution < 1.29 is 19.1 Å². The zero-order chi connectivity index (χ0) is 20.4. The van der Waals surface area contributed by atoms with E-state index >= 15 is 0 Å². The van der Waals surface area contributed by atoms with E-state index in [0.717, 1.165) is 23.4 Å². The third-order valence-corrected chi connectivity index (χ3v) is 4.92. The number of nitrogens with zero attached hydrogens (tertiary/aromatic N) is 3. The molecule has 29 heavy (non-hydrogen) atoms. The van der Waals surface area contributed by atoms with Crippen molar-refractivity contribution in [3.8, 4) is 11.4 Å². The molecule has 2 aromatic carbocycles.